The minimum absolute atomic E-state index is 0.156. The van der Waals surface area contributed by atoms with Crippen LogP contribution in [-0.2, 0) is 0 Å². The first-order chi connectivity index (χ1) is 16.1. The Kier molecular flexibility index (Phi) is 6.43. The van der Waals surface area contributed by atoms with Crippen LogP contribution in [0.3, 0.4) is 0 Å². The second-order valence-corrected chi connectivity index (χ2v) is 9.52. The highest BCUT2D eigenvalue weighted by atomic mass is 35.5. The van der Waals surface area contributed by atoms with Crippen LogP contribution >= 0.6 is 23.5 Å². The molecule has 1 fully saturated rings. The molecule has 1 atom stereocenters. The first kappa shape index (κ1) is 22.1. The van der Waals surface area contributed by atoms with E-state index < -0.39 is 5.82 Å². The predicted octanol–water partition coefficient (Wildman–Crippen LogP) is 5.78. The number of nitrogens with one attached hydrogen (secondary N) is 2. The van der Waals surface area contributed by atoms with Crippen LogP contribution in [0.4, 0.5) is 14.6 Å². The van der Waals surface area contributed by atoms with Crippen molar-refractivity contribution in [1.29, 1.82) is 0 Å². The number of aromatic nitrogens is 4. The molecule has 1 aliphatic heterocycles. The number of benzene rings is 1. The summed E-state index contributed by atoms with van der Waals surface area (Å²) in [6.07, 6.45) is 6.47. The molecule has 3 aromatic heterocycles. The van der Waals surface area contributed by atoms with Crippen molar-refractivity contribution < 1.29 is 8.78 Å². The Labute approximate surface area is 198 Å². The molecule has 6 nitrogen and oxygen atoms in total. The van der Waals surface area contributed by atoms with Crippen LogP contribution in [0.25, 0.3) is 22.4 Å². The third-order valence-corrected chi connectivity index (χ3v) is 6.91. The van der Waals surface area contributed by atoms with Gasteiger partial charge in [-0.25, -0.2) is 28.0 Å². The van der Waals surface area contributed by atoms with Gasteiger partial charge in [-0.3, -0.25) is 0 Å². The molecule has 33 heavy (non-hydrogen) atoms. The maximum absolute atomic E-state index is 14.5. The summed E-state index contributed by atoms with van der Waals surface area (Å²) >= 11 is 7.52. The lowest BCUT2D eigenvalue weighted by Gasteiger charge is -2.31. The lowest BCUT2D eigenvalue weighted by Crippen LogP contribution is -2.34. The second kappa shape index (κ2) is 9.62. The maximum atomic E-state index is 14.5. The third kappa shape index (κ3) is 4.95. The number of aromatic amines is 1. The molecular formula is C23H21ClF2N6S. The molecule has 10 heteroatoms. The highest BCUT2D eigenvalue weighted by molar-refractivity contribution is 7.97. The largest absolute Gasteiger partial charge is 0.367 e. The van der Waals surface area contributed by atoms with E-state index >= 15 is 0 Å². The summed E-state index contributed by atoms with van der Waals surface area (Å²) in [6.45, 7) is 2.22. The first-order valence-corrected chi connectivity index (χ1v) is 11.8. The van der Waals surface area contributed by atoms with Crippen molar-refractivity contribution in [2.45, 2.75) is 17.7 Å². The Bertz CT molecular complexity index is 1280. The Morgan fingerprint density at radius 1 is 1.18 bits per heavy atom. The number of piperidine rings is 1. The van der Waals surface area contributed by atoms with Gasteiger partial charge in [0.25, 0.3) is 0 Å². The lowest BCUT2D eigenvalue weighted by atomic mass is 10.00. The smallest absolute Gasteiger partial charge is 0.183 e. The highest BCUT2D eigenvalue weighted by Gasteiger charge is 2.22. The molecule has 0 saturated carbocycles. The van der Waals surface area contributed by atoms with Crippen LogP contribution in [0.2, 0.25) is 5.02 Å². The van der Waals surface area contributed by atoms with E-state index in [1.54, 1.807) is 30.6 Å². The molecule has 0 bridgehead atoms. The number of nitrogens with zero attached hydrogens (tertiary/aromatic N) is 4. The van der Waals surface area contributed by atoms with E-state index in [2.05, 4.69) is 29.6 Å². The Hall–Kier alpha value is -2.75. The second-order valence-electron chi connectivity index (χ2n) is 7.94. The zero-order valence-electron chi connectivity index (χ0n) is 17.6. The topological polar surface area (TPSA) is 69.7 Å². The van der Waals surface area contributed by atoms with Crippen LogP contribution < -0.4 is 5.32 Å². The van der Waals surface area contributed by atoms with Gasteiger partial charge in [0.05, 0.1) is 16.1 Å². The normalized spacial score (nSPS) is 16.9. The van der Waals surface area contributed by atoms with Crippen molar-refractivity contribution in [1.82, 2.24) is 24.2 Å². The third-order valence-electron chi connectivity index (χ3n) is 5.59. The number of halogens is 3. The van der Waals surface area contributed by atoms with Gasteiger partial charge in [0.1, 0.15) is 11.5 Å². The standard InChI is InChI=1S/C23H21ClF2N6S/c24-15-8-16-17(11-29-21(16)28-10-15)22-30-12-19(26)23(31-22)27-9-14-4-3-7-32(13-14)33-20-6-2-1-5-18(20)25/h1-2,5-6,8,10-12,14H,3-4,7,9,13H2,(H,28,29)(H,27,30,31)/t14-/m1/s1. The SMILES string of the molecule is Fc1ccccc1SN1CCC[C@H](CNc2nc(-c3c[nH]c4ncc(Cl)cc34)ncc2F)C1. The van der Waals surface area contributed by atoms with E-state index in [1.807, 2.05) is 6.07 Å². The van der Waals surface area contributed by atoms with Gasteiger partial charge in [-0.1, -0.05) is 23.7 Å². The van der Waals surface area contributed by atoms with E-state index in [-0.39, 0.29) is 17.6 Å². The van der Waals surface area contributed by atoms with E-state index in [0.717, 1.165) is 31.3 Å². The summed E-state index contributed by atoms with van der Waals surface area (Å²) in [4.78, 5) is 16.5. The molecular weight excluding hydrogens is 466 g/mol. The average molecular weight is 487 g/mol. The Morgan fingerprint density at radius 3 is 2.94 bits per heavy atom. The molecule has 1 saturated heterocycles. The van der Waals surface area contributed by atoms with E-state index in [4.69, 9.17) is 11.6 Å². The number of H-pyrrole nitrogens is 1. The molecule has 1 aromatic carbocycles. The fourth-order valence-corrected chi connectivity index (χ4v) is 5.20. The molecule has 0 radical (unpaired) electrons. The highest BCUT2D eigenvalue weighted by Crippen LogP contribution is 2.31. The molecule has 1 aliphatic rings. The van der Waals surface area contributed by atoms with E-state index in [9.17, 15) is 8.78 Å². The minimum atomic E-state index is -0.511. The van der Waals surface area contributed by atoms with E-state index in [1.165, 1.54) is 24.2 Å². The summed E-state index contributed by atoms with van der Waals surface area (Å²) in [6, 6.07) is 8.56. The molecule has 5 rings (SSSR count). The number of fused-ring (bicyclic) bond motifs is 1. The van der Waals surface area contributed by atoms with Crippen molar-refractivity contribution in [3.63, 3.8) is 0 Å². The Morgan fingerprint density at radius 2 is 2.06 bits per heavy atom. The van der Waals surface area contributed by atoms with Crippen LogP contribution in [0.5, 0.6) is 0 Å². The summed E-state index contributed by atoms with van der Waals surface area (Å²) in [5.41, 5.74) is 1.36. The van der Waals surface area contributed by atoms with Gasteiger partial charge in [0.15, 0.2) is 17.5 Å². The molecule has 0 amide bonds. The monoisotopic (exact) mass is 486 g/mol. The molecule has 170 valence electrons. The number of pyridine rings is 1. The lowest BCUT2D eigenvalue weighted by molar-refractivity contribution is 0.294. The number of anilines is 1. The van der Waals surface area contributed by atoms with Gasteiger partial charge in [0, 0.05) is 43.0 Å². The van der Waals surface area contributed by atoms with Gasteiger partial charge in [-0.2, -0.15) is 0 Å². The van der Waals surface area contributed by atoms with Crippen molar-refractivity contribution >= 4 is 40.4 Å². The predicted molar refractivity (Wildman–Crippen MR) is 127 cm³/mol. The summed E-state index contributed by atoms with van der Waals surface area (Å²) < 4.78 is 30.6. The average Bonchev–Trinajstić information content (AvgIpc) is 3.23. The summed E-state index contributed by atoms with van der Waals surface area (Å²) in [5.74, 6) is 0.0972. The molecule has 0 aliphatic carbocycles. The number of rotatable bonds is 6. The van der Waals surface area contributed by atoms with Gasteiger partial charge in [-0.05, 0) is 48.9 Å². The first-order valence-electron chi connectivity index (χ1n) is 10.6. The quantitative estimate of drug-likeness (QED) is 0.336. The van der Waals surface area contributed by atoms with Crippen molar-refractivity contribution in [3.8, 4) is 11.4 Å². The molecule has 2 N–H and O–H groups in total. The van der Waals surface area contributed by atoms with Gasteiger partial charge >= 0.3 is 0 Å². The zero-order valence-corrected chi connectivity index (χ0v) is 19.1. The van der Waals surface area contributed by atoms with Gasteiger partial charge < -0.3 is 10.3 Å². The van der Waals surface area contributed by atoms with Crippen LogP contribution in [-0.4, -0.2) is 43.9 Å². The molecule has 0 unspecified atom stereocenters. The van der Waals surface area contributed by atoms with Crippen molar-refractivity contribution in [3.05, 3.63) is 65.6 Å². The summed E-state index contributed by atoms with van der Waals surface area (Å²) in [7, 11) is 0. The van der Waals surface area contributed by atoms with Crippen molar-refractivity contribution in [2.24, 2.45) is 5.92 Å². The molecule has 0 spiro atoms. The van der Waals surface area contributed by atoms with Gasteiger partial charge in [0.2, 0.25) is 0 Å². The number of hydrogen-bond acceptors (Lipinski definition) is 6. The zero-order chi connectivity index (χ0) is 22.8. The fraction of sp³-hybridized carbons (Fsp3) is 0.261. The fourth-order valence-electron chi connectivity index (χ4n) is 3.96. The van der Waals surface area contributed by atoms with Crippen LogP contribution in [0.1, 0.15) is 12.8 Å². The summed E-state index contributed by atoms with van der Waals surface area (Å²) in [5, 5.41) is 4.42. The maximum Gasteiger partial charge on any atom is 0.183 e. The Balaban J connectivity index is 1.28. The van der Waals surface area contributed by atoms with Crippen LogP contribution in [0, 0.1) is 17.6 Å². The molecule has 4 aromatic rings. The number of hydrogen-bond donors (Lipinski definition) is 2. The minimum Gasteiger partial charge on any atom is -0.367 e. The van der Waals surface area contributed by atoms with Gasteiger partial charge in [-0.15, -0.1) is 0 Å². The van der Waals surface area contributed by atoms with Crippen molar-refractivity contribution in [2.75, 3.05) is 25.0 Å². The van der Waals surface area contributed by atoms with E-state index in [0.29, 0.717) is 33.5 Å². The molecule has 4 heterocycles. The van der Waals surface area contributed by atoms with Crippen LogP contribution in [0.15, 0.2) is 53.8 Å².